The number of rotatable bonds is 7. The number of nitrogens with one attached hydrogen (secondary N) is 2. The number of carbonyl (C=O) groups excluding carboxylic acids is 1. The third-order valence-electron chi connectivity index (χ3n) is 5.03. The zero-order valence-electron chi connectivity index (χ0n) is 19.6. The maximum atomic E-state index is 13.6. The molecule has 0 saturated carbocycles. The summed E-state index contributed by atoms with van der Waals surface area (Å²) in [6, 6.07) is 21.2. The van der Waals surface area contributed by atoms with E-state index >= 15 is 0 Å². The van der Waals surface area contributed by atoms with E-state index in [2.05, 4.69) is 15.7 Å². The molecule has 1 amide bonds. The number of ether oxygens (including phenoxy) is 1. The lowest BCUT2D eigenvalue weighted by Crippen LogP contribution is -2.30. The van der Waals surface area contributed by atoms with Crippen LogP contribution in [0.3, 0.4) is 0 Å². The van der Waals surface area contributed by atoms with Crippen LogP contribution in [-0.4, -0.2) is 21.7 Å². The standard InChI is InChI=1S/C27H25ClN4O3/c1-17(2)30-26(33)19-8-5-10-21(14-19)31-25-24(35-23-12-6-9-20(28)15-23)16-29-32(27(25)34)22-11-4-7-18(3)13-22/h4-17,31H,1-3H3,(H,30,33). The first-order chi connectivity index (χ1) is 16.8. The molecule has 3 aromatic carbocycles. The highest BCUT2D eigenvalue weighted by atomic mass is 35.5. The molecular weight excluding hydrogens is 464 g/mol. The SMILES string of the molecule is Cc1cccc(-n2ncc(Oc3cccc(Cl)c3)c(Nc3cccc(C(=O)NC(C)C)c3)c2=O)c1. The minimum atomic E-state index is -0.410. The van der Waals surface area contributed by atoms with Crippen molar-refractivity contribution in [2.24, 2.45) is 0 Å². The van der Waals surface area contributed by atoms with Crippen molar-refractivity contribution < 1.29 is 9.53 Å². The van der Waals surface area contributed by atoms with Gasteiger partial charge < -0.3 is 15.4 Å². The molecule has 7 nitrogen and oxygen atoms in total. The monoisotopic (exact) mass is 488 g/mol. The van der Waals surface area contributed by atoms with Gasteiger partial charge in [-0.2, -0.15) is 9.78 Å². The first kappa shape index (κ1) is 24.0. The molecule has 4 rings (SSSR count). The molecular formula is C27H25ClN4O3. The molecule has 2 N–H and O–H groups in total. The maximum Gasteiger partial charge on any atom is 0.299 e. The van der Waals surface area contributed by atoms with Gasteiger partial charge in [-0.05, 0) is 74.9 Å². The molecule has 0 bridgehead atoms. The van der Waals surface area contributed by atoms with Gasteiger partial charge in [0, 0.05) is 22.3 Å². The van der Waals surface area contributed by atoms with Gasteiger partial charge in [0.15, 0.2) is 11.4 Å². The summed E-state index contributed by atoms with van der Waals surface area (Å²) in [6.45, 7) is 5.73. The van der Waals surface area contributed by atoms with Crippen LogP contribution in [-0.2, 0) is 0 Å². The zero-order valence-corrected chi connectivity index (χ0v) is 20.3. The Morgan fingerprint density at radius 1 is 1.03 bits per heavy atom. The molecule has 0 radical (unpaired) electrons. The summed E-state index contributed by atoms with van der Waals surface area (Å²) in [5.41, 5.74) is 2.40. The van der Waals surface area contributed by atoms with Gasteiger partial charge in [-0.3, -0.25) is 9.59 Å². The summed E-state index contributed by atoms with van der Waals surface area (Å²) in [7, 11) is 0. The topological polar surface area (TPSA) is 85.2 Å². The highest BCUT2D eigenvalue weighted by Crippen LogP contribution is 2.30. The number of halogens is 1. The van der Waals surface area contributed by atoms with E-state index in [1.807, 2.05) is 39.0 Å². The van der Waals surface area contributed by atoms with Gasteiger partial charge in [-0.15, -0.1) is 0 Å². The van der Waals surface area contributed by atoms with Crippen molar-refractivity contribution in [3.05, 3.63) is 105 Å². The van der Waals surface area contributed by atoms with E-state index in [9.17, 15) is 9.59 Å². The molecule has 4 aromatic rings. The summed E-state index contributed by atoms with van der Waals surface area (Å²) in [5.74, 6) is 0.476. The average Bonchev–Trinajstić information content (AvgIpc) is 2.81. The summed E-state index contributed by atoms with van der Waals surface area (Å²) in [4.78, 5) is 26.1. The highest BCUT2D eigenvalue weighted by Gasteiger charge is 2.17. The molecule has 0 fully saturated rings. The Labute approximate surface area is 208 Å². The van der Waals surface area contributed by atoms with Gasteiger partial charge in [-0.25, -0.2) is 0 Å². The third kappa shape index (κ3) is 5.88. The van der Waals surface area contributed by atoms with Crippen LogP contribution in [0, 0.1) is 6.92 Å². The Balaban J connectivity index is 1.77. The van der Waals surface area contributed by atoms with Crippen LogP contribution < -0.4 is 20.9 Å². The molecule has 0 atom stereocenters. The van der Waals surface area contributed by atoms with Crippen molar-refractivity contribution in [1.82, 2.24) is 15.1 Å². The molecule has 178 valence electrons. The Hall–Kier alpha value is -4.10. The summed E-state index contributed by atoms with van der Waals surface area (Å²) in [6.07, 6.45) is 1.47. The van der Waals surface area contributed by atoms with Crippen LogP contribution >= 0.6 is 11.6 Å². The fraction of sp³-hybridized carbons (Fsp3) is 0.148. The molecule has 0 saturated heterocycles. The molecule has 1 heterocycles. The number of carbonyl (C=O) groups is 1. The van der Waals surface area contributed by atoms with Crippen molar-refractivity contribution in [3.8, 4) is 17.2 Å². The lowest BCUT2D eigenvalue weighted by atomic mass is 10.1. The molecule has 0 aliphatic rings. The van der Waals surface area contributed by atoms with Gasteiger partial charge >= 0.3 is 0 Å². The molecule has 8 heteroatoms. The summed E-state index contributed by atoms with van der Waals surface area (Å²) in [5, 5.41) is 10.8. The summed E-state index contributed by atoms with van der Waals surface area (Å²) >= 11 is 6.10. The number of nitrogens with zero attached hydrogens (tertiary/aromatic N) is 2. The smallest absolute Gasteiger partial charge is 0.299 e. The van der Waals surface area contributed by atoms with Crippen molar-refractivity contribution in [2.75, 3.05) is 5.32 Å². The Kier molecular flexibility index (Phi) is 7.17. The van der Waals surface area contributed by atoms with E-state index in [-0.39, 0.29) is 23.4 Å². The first-order valence-corrected chi connectivity index (χ1v) is 11.5. The quantitative estimate of drug-likeness (QED) is 0.340. The average molecular weight is 489 g/mol. The van der Waals surface area contributed by atoms with E-state index in [1.165, 1.54) is 10.9 Å². The van der Waals surface area contributed by atoms with Crippen LogP contribution in [0.15, 0.2) is 83.8 Å². The van der Waals surface area contributed by atoms with Crippen LogP contribution in [0.1, 0.15) is 29.8 Å². The van der Waals surface area contributed by atoms with Crippen molar-refractivity contribution in [2.45, 2.75) is 26.8 Å². The first-order valence-electron chi connectivity index (χ1n) is 11.1. The lowest BCUT2D eigenvalue weighted by molar-refractivity contribution is 0.0943. The Morgan fingerprint density at radius 2 is 1.80 bits per heavy atom. The van der Waals surface area contributed by atoms with E-state index in [1.54, 1.807) is 54.6 Å². The number of amides is 1. The minimum absolute atomic E-state index is 0.00135. The molecule has 0 aliphatic carbocycles. The van der Waals surface area contributed by atoms with Gasteiger partial charge in [0.25, 0.3) is 11.5 Å². The van der Waals surface area contributed by atoms with Crippen molar-refractivity contribution in [3.63, 3.8) is 0 Å². The normalized spacial score (nSPS) is 10.8. The van der Waals surface area contributed by atoms with Crippen molar-refractivity contribution >= 4 is 28.9 Å². The van der Waals surface area contributed by atoms with Crippen LogP contribution in [0.25, 0.3) is 5.69 Å². The van der Waals surface area contributed by atoms with Crippen molar-refractivity contribution in [1.29, 1.82) is 0 Å². The second kappa shape index (κ2) is 10.4. The van der Waals surface area contributed by atoms with E-state index in [0.717, 1.165) is 5.56 Å². The number of benzene rings is 3. The van der Waals surface area contributed by atoms with Gasteiger partial charge in [-0.1, -0.05) is 35.9 Å². The zero-order chi connectivity index (χ0) is 24.9. The fourth-order valence-electron chi connectivity index (χ4n) is 3.46. The van der Waals surface area contributed by atoms with Gasteiger partial charge in [0.1, 0.15) is 5.75 Å². The second-order valence-electron chi connectivity index (χ2n) is 8.33. The Bertz CT molecular complexity index is 1430. The molecule has 0 aliphatic heterocycles. The van der Waals surface area contributed by atoms with E-state index < -0.39 is 5.56 Å². The van der Waals surface area contributed by atoms with Crippen LogP contribution in [0.4, 0.5) is 11.4 Å². The molecule has 35 heavy (non-hydrogen) atoms. The number of hydrogen-bond donors (Lipinski definition) is 2. The largest absolute Gasteiger partial charge is 0.453 e. The van der Waals surface area contributed by atoms with Crippen LogP contribution in [0.2, 0.25) is 5.02 Å². The van der Waals surface area contributed by atoms with Crippen LogP contribution in [0.5, 0.6) is 11.5 Å². The fourth-order valence-corrected chi connectivity index (χ4v) is 3.64. The number of aromatic nitrogens is 2. The Morgan fingerprint density at radius 3 is 2.54 bits per heavy atom. The van der Waals surface area contributed by atoms with Gasteiger partial charge in [0.05, 0.1) is 11.9 Å². The molecule has 0 spiro atoms. The van der Waals surface area contributed by atoms with E-state index in [4.69, 9.17) is 16.3 Å². The minimum Gasteiger partial charge on any atom is -0.453 e. The number of hydrogen-bond acceptors (Lipinski definition) is 5. The number of anilines is 2. The molecule has 0 unspecified atom stereocenters. The predicted octanol–water partition coefficient (Wildman–Crippen LogP) is 5.87. The third-order valence-corrected chi connectivity index (χ3v) is 5.26. The lowest BCUT2D eigenvalue weighted by Gasteiger charge is -2.15. The maximum absolute atomic E-state index is 13.6. The number of aryl methyl sites for hydroxylation is 1. The second-order valence-corrected chi connectivity index (χ2v) is 8.77. The van der Waals surface area contributed by atoms with E-state index in [0.29, 0.717) is 27.7 Å². The molecule has 1 aromatic heterocycles. The van der Waals surface area contributed by atoms with Gasteiger partial charge in [0.2, 0.25) is 0 Å². The summed E-state index contributed by atoms with van der Waals surface area (Å²) < 4.78 is 7.29. The predicted molar refractivity (Wildman–Crippen MR) is 138 cm³/mol. The highest BCUT2D eigenvalue weighted by molar-refractivity contribution is 6.30.